The standard InChI is InChI=1S/C10H6Cl3NO/c11-4-9-10(15-5-14-9)6-1-2-7(12)8(13)3-6/h1-3,5H,4H2. The van der Waals surface area contributed by atoms with Crippen LogP contribution in [-0.2, 0) is 5.88 Å². The molecule has 0 aliphatic heterocycles. The van der Waals surface area contributed by atoms with Gasteiger partial charge in [-0.25, -0.2) is 4.98 Å². The van der Waals surface area contributed by atoms with E-state index in [4.69, 9.17) is 39.2 Å². The van der Waals surface area contributed by atoms with Crippen LogP contribution in [0.15, 0.2) is 29.0 Å². The fourth-order valence-corrected chi connectivity index (χ4v) is 1.73. The van der Waals surface area contributed by atoms with Crippen molar-refractivity contribution in [1.82, 2.24) is 4.98 Å². The normalized spacial score (nSPS) is 10.6. The molecule has 5 heteroatoms. The van der Waals surface area contributed by atoms with E-state index in [9.17, 15) is 0 Å². The first-order chi connectivity index (χ1) is 7.22. The maximum Gasteiger partial charge on any atom is 0.181 e. The lowest BCUT2D eigenvalue weighted by Gasteiger charge is -2.00. The molecule has 0 aliphatic rings. The predicted octanol–water partition coefficient (Wildman–Crippen LogP) is 4.39. The summed E-state index contributed by atoms with van der Waals surface area (Å²) in [4.78, 5) is 3.99. The second-order valence-corrected chi connectivity index (χ2v) is 3.97. The molecule has 0 unspecified atom stereocenters. The molecule has 0 spiro atoms. The molecule has 0 N–H and O–H groups in total. The number of hydrogen-bond acceptors (Lipinski definition) is 2. The zero-order valence-corrected chi connectivity index (χ0v) is 9.77. The molecule has 2 nitrogen and oxygen atoms in total. The second-order valence-electron chi connectivity index (χ2n) is 2.89. The first-order valence-corrected chi connectivity index (χ1v) is 5.45. The molecule has 1 aromatic heterocycles. The van der Waals surface area contributed by atoms with Gasteiger partial charge in [0, 0.05) is 5.56 Å². The van der Waals surface area contributed by atoms with Crippen molar-refractivity contribution in [1.29, 1.82) is 0 Å². The SMILES string of the molecule is ClCc1ncoc1-c1ccc(Cl)c(Cl)c1. The fourth-order valence-electron chi connectivity index (χ4n) is 1.24. The predicted molar refractivity (Wildman–Crippen MR) is 61.5 cm³/mol. The number of alkyl halides is 1. The minimum Gasteiger partial charge on any atom is -0.443 e. The third-order valence-electron chi connectivity index (χ3n) is 1.95. The van der Waals surface area contributed by atoms with Crippen molar-refractivity contribution >= 4 is 34.8 Å². The van der Waals surface area contributed by atoms with Crippen molar-refractivity contribution in [2.24, 2.45) is 0 Å². The van der Waals surface area contributed by atoms with Gasteiger partial charge in [-0.3, -0.25) is 0 Å². The Morgan fingerprint density at radius 2 is 2.00 bits per heavy atom. The van der Waals surface area contributed by atoms with Crippen molar-refractivity contribution < 1.29 is 4.42 Å². The summed E-state index contributed by atoms with van der Waals surface area (Å²) in [6.45, 7) is 0. The van der Waals surface area contributed by atoms with Crippen LogP contribution in [0, 0.1) is 0 Å². The monoisotopic (exact) mass is 261 g/mol. The number of rotatable bonds is 2. The molecule has 0 amide bonds. The first-order valence-electron chi connectivity index (χ1n) is 4.16. The molecule has 2 aromatic rings. The third kappa shape index (κ3) is 2.12. The lowest BCUT2D eigenvalue weighted by molar-refractivity contribution is 0.571. The van der Waals surface area contributed by atoms with Gasteiger partial charge in [0.2, 0.25) is 0 Å². The quantitative estimate of drug-likeness (QED) is 0.750. The molecule has 0 aliphatic carbocycles. The van der Waals surface area contributed by atoms with Crippen molar-refractivity contribution in [2.75, 3.05) is 0 Å². The molecule has 15 heavy (non-hydrogen) atoms. The Kier molecular flexibility index (Phi) is 3.19. The highest BCUT2D eigenvalue weighted by Crippen LogP contribution is 2.30. The van der Waals surface area contributed by atoms with Gasteiger partial charge in [0.25, 0.3) is 0 Å². The Morgan fingerprint density at radius 1 is 1.20 bits per heavy atom. The molecular formula is C10H6Cl3NO. The topological polar surface area (TPSA) is 26.0 Å². The molecule has 0 atom stereocenters. The van der Waals surface area contributed by atoms with Crippen molar-refractivity contribution in [3.63, 3.8) is 0 Å². The summed E-state index contributed by atoms with van der Waals surface area (Å²) in [5.74, 6) is 0.926. The lowest BCUT2D eigenvalue weighted by atomic mass is 10.1. The summed E-state index contributed by atoms with van der Waals surface area (Å²) in [5, 5.41) is 0.985. The summed E-state index contributed by atoms with van der Waals surface area (Å²) >= 11 is 17.4. The number of halogens is 3. The van der Waals surface area contributed by atoms with Crippen LogP contribution in [0.25, 0.3) is 11.3 Å². The van der Waals surface area contributed by atoms with E-state index < -0.39 is 0 Å². The van der Waals surface area contributed by atoms with Crippen molar-refractivity contribution in [3.8, 4) is 11.3 Å². The Labute approximate surface area is 102 Å². The Bertz CT molecular complexity index is 481. The third-order valence-corrected chi connectivity index (χ3v) is 2.94. The van der Waals surface area contributed by atoms with E-state index in [2.05, 4.69) is 4.98 Å². The van der Waals surface area contributed by atoms with E-state index in [0.29, 0.717) is 27.4 Å². The second kappa shape index (κ2) is 4.44. The Morgan fingerprint density at radius 3 is 2.67 bits per heavy atom. The zero-order chi connectivity index (χ0) is 10.8. The van der Waals surface area contributed by atoms with Gasteiger partial charge in [-0.1, -0.05) is 23.2 Å². The minimum absolute atomic E-state index is 0.298. The average molecular weight is 263 g/mol. The van der Waals surface area contributed by atoms with E-state index in [1.807, 2.05) is 6.07 Å². The minimum atomic E-state index is 0.298. The lowest BCUT2D eigenvalue weighted by Crippen LogP contribution is -1.83. The zero-order valence-electron chi connectivity index (χ0n) is 7.51. The van der Waals surface area contributed by atoms with Crippen LogP contribution >= 0.6 is 34.8 Å². The van der Waals surface area contributed by atoms with Crippen LogP contribution in [0.4, 0.5) is 0 Å². The number of benzene rings is 1. The summed E-state index contributed by atoms with van der Waals surface area (Å²) in [6, 6.07) is 5.24. The summed E-state index contributed by atoms with van der Waals surface area (Å²) in [7, 11) is 0. The molecule has 0 saturated heterocycles. The van der Waals surface area contributed by atoms with Gasteiger partial charge < -0.3 is 4.42 Å². The number of aromatic nitrogens is 1. The van der Waals surface area contributed by atoms with Gasteiger partial charge in [-0.2, -0.15) is 0 Å². The van der Waals surface area contributed by atoms with Gasteiger partial charge in [-0.05, 0) is 18.2 Å². The molecule has 78 valence electrons. The van der Waals surface area contributed by atoms with Gasteiger partial charge in [0.15, 0.2) is 12.2 Å². The molecule has 0 radical (unpaired) electrons. The summed E-state index contributed by atoms with van der Waals surface area (Å²) < 4.78 is 5.24. The highest BCUT2D eigenvalue weighted by Gasteiger charge is 2.10. The molecule has 0 fully saturated rings. The number of oxazole rings is 1. The maximum atomic E-state index is 5.90. The highest BCUT2D eigenvalue weighted by molar-refractivity contribution is 6.42. The van der Waals surface area contributed by atoms with E-state index in [0.717, 1.165) is 5.56 Å². The van der Waals surface area contributed by atoms with Gasteiger partial charge in [0.05, 0.1) is 15.9 Å². The van der Waals surface area contributed by atoms with Crippen LogP contribution in [-0.4, -0.2) is 4.98 Å². The molecule has 1 aromatic carbocycles. The Balaban J connectivity index is 2.50. The Hall–Kier alpha value is -0.700. The van der Waals surface area contributed by atoms with Crippen molar-refractivity contribution in [2.45, 2.75) is 5.88 Å². The maximum absolute atomic E-state index is 5.90. The number of nitrogens with zero attached hydrogens (tertiary/aromatic N) is 1. The van der Waals surface area contributed by atoms with Gasteiger partial charge >= 0.3 is 0 Å². The van der Waals surface area contributed by atoms with Crippen LogP contribution in [0.2, 0.25) is 10.0 Å². The summed E-state index contributed by atoms with van der Waals surface area (Å²) in [6.07, 6.45) is 1.36. The largest absolute Gasteiger partial charge is 0.443 e. The molecule has 1 heterocycles. The fraction of sp³-hybridized carbons (Fsp3) is 0.100. The molecule has 0 saturated carbocycles. The molecule has 2 rings (SSSR count). The van der Waals surface area contributed by atoms with Crippen LogP contribution < -0.4 is 0 Å². The van der Waals surface area contributed by atoms with E-state index in [-0.39, 0.29) is 0 Å². The molecule has 0 bridgehead atoms. The summed E-state index contributed by atoms with van der Waals surface area (Å²) in [5.41, 5.74) is 1.51. The highest BCUT2D eigenvalue weighted by atomic mass is 35.5. The first kappa shape index (κ1) is 10.8. The van der Waals surface area contributed by atoms with E-state index in [1.54, 1.807) is 12.1 Å². The number of hydrogen-bond donors (Lipinski definition) is 0. The van der Waals surface area contributed by atoms with Crippen molar-refractivity contribution in [3.05, 3.63) is 40.3 Å². The van der Waals surface area contributed by atoms with E-state index in [1.165, 1.54) is 6.39 Å². The average Bonchev–Trinajstić information content (AvgIpc) is 2.70. The van der Waals surface area contributed by atoms with Gasteiger partial charge in [0.1, 0.15) is 5.69 Å². The smallest absolute Gasteiger partial charge is 0.181 e. The van der Waals surface area contributed by atoms with E-state index >= 15 is 0 Å². The molecular weight excluding hydrogens is 256 g/mol. The van der Waals surface area contributed by atoms with Crippen LogP contribution in [0.5, 0.6) is 0 Å². The van der Waals surface area contributed by atoms with Crippen LogP contribution in [0.1, 0.15) is 5.69 Å². The van der Waals surface area contributed by atoms with Crippen LogP contribution in [0.3, 0.4) is 0 Å². The van der Waals surface area contributed by atoms with Gasteiger partial charge in [-0.15, -0.1) is 11.6 Å².